The lowest BCUT2D eigenvalue weighted by Gasteiger charge is -2.26. The van der Waals surface area contributed by atoms with E-state index in [-0.39, 0.29) is 18.2 Å². The quantitative estimate of drug-likeness (QED) is 0.803. The predicted octanol–water partition coefficient (Wildman–Crippen LogP) is 2.39. The summed E-state index contributed by atoms with van der Waals surface area (Å²) in [5.74, 6) is -0.297. The fourth-order valence-corrected chi connectivity index (χ4v) is 2.26. The van der Waals surface area contributed by atoms with Crippen molar-refractivity contribution in [3.8, 4) is 0 Å². The highest BCUT2D eigenvalue weighted by Gasteiger charge is 2.20. The second-order valence-electron chi connectivity index (χ2n) is 5.34. The molecule has 5 heteroatoms. The van der Waals surface area contributed by atoms with Crippen molar-refractivity contribution >= 4 is 17.0 Å². The van der Waals surface area contributed by atoms with Crippen molar-refractivity contribution in [3.63, 3.8) is 0 Å². The Morgan fingerprint density at radius 2 is 2.35 bits per heavy atom. The average Bonchev–Trinajstić information content (AvgIpc) is 2.75. The maximum absolute atomic E-state index is 11.9. The van der Waals surface area contributed by atoms with Gasteiger partial charge in [-0.3, -0.25) is 0 Å². The summed E-state index contributed by atoms with van der Waals surface area (Å²) >= 11 is 0. The Morgan fingerprint density at radius 3 is 3.00 bits per heavy atom. The molecule has 1 aromatic heterocycles. The summed E-state index contributed by atoms with van der Waals surface area (Å²) in [7, 11) is 0. The van der Waals surface area contributed by atoms with Crippen LogP contribution in [-0.2, 0) is 16.0 Å². The monoisotopic (exact) mass is 274 g/mol. The molecule has 0 spiro atoms. The van der Waals surface area contributed by atoms with Crippen LogP contribution < -0.4 is 0 Å². The van der Waals surface area contributed by atoms with Gasteiger partial charge in [0.1, 0.15) is 0 Å². The number of benzene rings is 1. The zero-order valence-electron chi connectivity index (χ0n) is 11.7. The van der Waals surface area contributed by atoms with Crippen LogP contribution in [0.3, 0.4) is 0 Å². The topological polar surface area (TPSA) is 53.3 Å². The lowest BCUT2D eigenvalue weighted by molar-refractivity contribution is -0.0586. The van der Waals surface area contributed by atoms with Gasteiger partial charge in [0.2, 0.25) is 0 Å². The van der Waals surface area contributed by atoms with Gasteiger partial charge in [-0.15, -0.1) is 0 Å². The van der Waals surface area contributed by atoms with Gasteiger partial charge in [-0.2, -0.15) is 0 Å². The van der Waals surface area contributed by atoms with Gasteiger partial charge in [-0.1, -0.05) is 0 Å². The number of ether oxygens (including phenoxy) is 2. The molecule has 3 rings (SSSR count). The number of rotatable bonds is 4. The Hall–Kier alpha value is -1.88. The zero-order valence-corrected chi connectivity index (χ0v) is 11.7. The highest BCUT2D eigenvalue weighted by molar-refractivity contribution is 5.93. The van der Waals surface area contributed by atoms with Gasteiger partial charge in [0.25, 0.3) is 0 Å². The van der Waals surface area contributed by atoms with Crippen molar-refractivity contribution in [3.05, 3.63) is 30.1 Å². The van der Waals surface area contributed by atoms with Crippen molar-refractivity contribution < 1.29 is 14.3 Å². The molecule has 2 aromatic rings. The summed E-state index contributed by atoms with van der Waals surface area (Å²) < 4.78 is 12.7. The van der Waals surface area contributed by atoms with Crippen molar-refractivity contribution in [2.45, 2.75) is 39.0 Å². The first-order valence-electron chi connectivity index (χ1n) is 6.91. The molecule has 1 saturated heterocycles. The SMILES string of the molecule is CC(C)OC(=O)c1ccc2ncn(C[C@@H]3CCO3)c2c1. The van der Waals surface area contributed by atoms with Crippen molar-refractivity contribution in [1.82, 2.24) is 9.55 Å². The van der Waals surface area contributed by atoms with E-state index >= 15 is 0 Å². The van der Waals surface area contributed by atoms with Crippen LogP contribution in [0.25, 0.3) is 11.0 Å². The van der Waals surface area contributed by atoms with E-state index < -0.39 is 0 Å². The fraction of sp³-hybridized carbons (Fsp3) is 0.467. The summed E-state index contributed by atoms with van der Waals surface area (Å²) in [4.78, 5) is 16.3. The van der Waals surface area contributed by atoms with E-state index in [2.05, 4.69) is 4.98 Å². The average molecular weight is 274 g/mol. The molecular formula is C15H18N2O3. The number of esters is 1. The van der Waals surface area contributed by atoms with Gasteiger partial charge in [0, 0.05) is 6.61 Å². The lowest BCUT2D eigenvalue weighted by Crippen LogP contribution is -2.30. The molecule has 20 heavy (non-hydrogen) atoms. The molecule has 2 heterocycles. The van der Waals surface area contributed by atoms with Gasteiger partial charge in [0.05, 0.1) is 41.7 Å². The van der Waals surface area contributed by atoms with E-state index in [1.807, 2.05) is 30.5 Å². The molecule has 106 valence electrons. The Bertz CT molecular complexity index is 629. The summed E-state index contributed by atoms with van der Waals surface area (Å²) in [6.45, 7) is 5.30. The van der Waals surface area contributed by atoms with E-state index in [1.165, 1.54) is 0 Å². The molecule has 1 aliphatic rings. The van der Waals surface area contributed by atoms with Crippen molar-refractivity contribution in [1.29, 1.82) is 0 Å². The minimum absolute atomic E-state index is 0.119. The molecule has 0 saturated carbocycles. The van der Waals surface area contributed by atoms with E-state index in [4.69, 9.17) is 9.47 Å². The summed E-state index contributed by atoms with van der Waals surface area (Å²) in [5.41, 5.74) is 2.38. The van der Waals surface area contributed by atoms with E-state index in [0.717, 1.165) is 30.6 Å². The third-order valence-electron chi connectivity index (χ3n) is 3.39. The molecular weight excluding hydrogens is 256 g/mol. The molecule has 0 aliphatic carbocycles. The zero-order chi connectivity index (χ0) is 14.1. The van der Waals surface area contributed by atoms with Crippen LogP contribution in [0.2, 0.25) is 0 Å². The first kappa shape index (κ1) is 13.1. The largest absolute Gasteiger partial charge is 0.459 e. The highest BCUT2D eigenvalue weighted by atomic mass is 16.5. The van der Waals surface area contributed by atoms with Crippen LogP contribution in [0.15, 0.2) is 24.5 Å². The maximum atomic E-state index is 11.9. The number of hydrogen-bond donors (Lipinski definition) is 0. The van der Waals surface area contributed by atoms with Gasteiger partial charge in [-0.25, -0.2) is 9.78 Å². The normalized spacial score (nSPS) is 18.2. The van der Waals surface area contributed by atoms with Crippen molar-refractivity contribution in [2.75, 3.05) is 6.61 Å². The molecule has 0 bridgehead atoms. The Labute approximate surface area is 117 Å². The van der Waals surface area contributed by atoms with Gasteiger partial charge in [0.15, 0.2) is 0 Å². The molecule has 1 aliphatic heterocycles. The van der Waals surface area contributed by atoms with Crippen LogP contribution in [0, 0.1) is 0 Å². The van der Waals surface area contributed by atoms with Crippen LogP contribution in [0.1, 0.15) is 30.6 Å². The molecule has 5 nitrogen and oxygen atoms in total. The molecule has 1 aromatic carbocycles. The third-order valence-corrected chi connectivity index (χ3v) is 3.39. The second kappa shape index (κ2) is 5.25. The maximum Gasteiger partial charge on any atom is 0.338 e. The van der Waals surface area contributed by atoms with E-state index in [1.54, 1.807) is 12.4 Å². The molecule has 0 amide bonds. The van der Waals surface area contributed by atoms with Gasteiger partial charge >= 0.3 is 5.97 Å². The first-order chi connectivity index (χ1) is 9.63. The summed E-state index contributed by atoms with van der Waals surface area (Å²) in [6.07, 6.45) is 3.02. The number of aromatic nitrogens is 2. The molecule has 0 N–H and O–H groups in total. The second-order valence-corrected chi connectivity index (χ2v) is 5.34. The summed E-state index contributed by atoms with van der Waals surface area (Å²) in [5, 5.41) is 0. The Kier molecular flexibility index (Phi) is 3.44. The van der Waals surface area contributed by atoms with Crippen LogP contribution in [-0.4, -0.2) is 34.3 Å². The fourth-order valence-electron chi connectivity index (χ4n) is 2.26. The van der Waals surface area contributed by atoms with Crippen LogP contribution in [0.5, 0.6) is 0 Å². The number of hydrogen-bond acceptors (Lipinski definition) is 4. The number of carbonyl (C=O) groups is 1. The lowest BCUT2D eigenvalue weighted by atomic mass is 10.1. The number of nitrogens with zero attached hydrogens (tertiary/aromatic N) is 2. The van der Waals surface area contributed by atoms with Crippen LogP contribution in [0.4, 0.5) is 0 Å². The Balaban J connectivity index is 1.88. The molecule has 0 radical (unpaired) electrons. The first-order valence-corrected chi connectivity index (χ1v) is 6.91. The van der Waals surface area contributed by atoms with Crippen molar-refractivity contribution in [2.24, 2.45) is 0 Å². The minimum atomic E-state index is -0.297. The molecule has 1 fully saturated rings. The third kappa shape index (κ3) is 2.54. The van der Waals surface area contributed by atoms with E-state index in [0.29, 0.717) is 5.56 Å². The smallest absolute Gasteiger partial charge is 0.338 e. The molecule has 0 unspecified atom stereocenters. The van der Waals surface area contributed by atoms with Gasteiger partial charge < -0.3 is 14.0 Å². The molecule has 1 atom stereocenters. The Morgan fingerprint density at radius 1 is 1.55 bits per heavy atom. The van der Waals surface area contributed by atoms with E-state index in [9.17, 15) is 4.79 Å². The standard InChI is InChI=1S/C15H18N2O3/c1-10(2)20-15(18)11-3-4-13-14(7-11)17(9-16-13)8-12-5-6-19-12/h3-4,7,9-10,12H,5-6,8H2,1-2H3/t12-/m0/s1. The van der Waals surface area contributed by atoms with Crippen LogP contribution >= 0.6 is 0 Å². The highest BCUT2D eigenvalue weighted by Crippen LogP contribution is 2.20. The number of imidazole rings is 1. The predicted molar refractivity (Wildman–Crippen MR) is 74.6 cm³/mol. The summed E-state index contributed by atoms with van der Waals surface area (Å²) in [6, 6.07) is 5.44. The number of carbonyl (C=O) groups excluding carboxylic acids is 1. The van der Waals surface area contributed by atoms with Gasteiger partial charge in [-0.05, 0) is 38.5 Å². The minimum Gasteiger partial charge on any atom is -0.459 e. The number of fused-ring (bicyclic) bond motifs is 1.